The maximum atomic E-state index is 13.2. The van der Waals surface area contributed by atoms with Gasteiger partial charge in [0.05, 0.1) is 11.6 Å². The molecule has 0 saturated carbocycles. The van der Waals surface area contributed by atoms with Crippen LogP contribution >= 0.6 is 11.6 Å². The van der Waals surface area contributed by atoms with Gasteiger partial charge < -0.3 is 5.32 Å². The van der Waals surface area contributed by atoms with Gasteiger partial charge in [-0.3, -0.25) is 14.6 Å². The third-order valence-electron chi connectivity index (χ3n) is 4.52. The van der Waals surface area contributed by atoms with Gasteiger partial charge in [-0.15, -0.1) is 0 Å². The van der Waals surface area contributed by atoms with Crippen LogP contribution in [-0.2, 0) is 11.3 Å². The van der Waals surface area contributed by atoms with E-state index in [1.807, 2.05) is 31.2 Å². The summed E-state index contributed by atoms with van der Waals surface area (Å²) >= 11 is 5.84. The molecule has 3 rings (SSSR count). The number of hydrogen-bond acceptors (Lipinski definition) is 3. The minimum atomic E-state index is -0.389. The number of carbonyl (C=O) groups is 1. The van der Waals surface area contributed by atoms with Crippen molar-refractivity contribution >= 4 is 23.2 Å². The zero-order valence-corrected chi connectivity index (χ0v) is 15.6. The van der Waals surface area contributed by atoms with E-state index in [0.717, 1.165) is 49.5 Å². The van der Waals surface area contributed by atoms with E-state index in [-0.39, 0.29) is 16.7 Å². The van der Waals surface area contributed by atoms with Crippen LogP contribution < -0.4 is 5.32 Å². The standard InChI is InChI=1S/C20H23ClFN3O/c1-15-3-2-4-17(11-15)23-20(26)14-25-9-7-24(8-10-25)13-16-5-6-19(22)18(21)12-16/h2-6,11-12H,7-10,13-14H2,1H3,(H,23,26). The molecule has 0 aromatic heterocycles. The molecule has 26 heavy (non-hydrogen) atoms. The van der Waals surface area contributed by atoms with Crippen LogP contribution in [-0.4, -0.2) is 48.4 Å². The number of rotatable bonds is 5. The normalized spacial score (nSPS) is 15.8. The number of amides is 1. The molecule has 138 valence electrons. The highest BCUT2D eigenvalue weighted by molar-refractivity contribution is 6.30. The van der Waals surface area contributed by atoms with Crippen molar-refractivity contribution in [1.82, 2.24) is 9.80 Å². The average Bonchev–Trinajstić information content (AvgIpc) is 2.60. The van der Waals surface area contributed by atoms with Crippen molar-refractivity contribution in [2.24, 2.45) is 0 Å². The number of anilines is 1. The summed E-state index contributed by atoms with van der Waals surface area (Å²) in [5, 5.41) is 3.11. The lowest BCUT2D eigenvalue weighted by Crippen LogP contribution is -2.48. The molecule has 1 aliphatic heterocycles. The summed E-state index contributed by atoms with van der Waals surface area (Å²) in [4.78, 5) is 16.7. The molecular weight excluding hydrogens is 353 g/mol. The second kappa shape index (κ2) is 8.62. The second-order valence-corrected chi connectivity index (χ2v) is 7.13. The number of nitrogens with one attached hydrogen (secondary N) is 1. The van der Waals surface area contributed by atoms with Crippen LogP contribution in [0.15, 0.2) is 42.5 Å². The van der Waals surface area contributed by atoms with Crippen LogP contribution in [0.3, 0.4) is 0 Å². The zero-order chi connectivity index (χ0) is 18.5. The first-order valence-corrected chi connectivity index (χ1v) is 9.12. The van der Waals surface area contributed by atoms with E-state index in [1.165, 1.54) is 6.07 Å². The Morgan fingerprint density at radius 1 is 1.12 bits per heavy atom. The predicted octanol–water partition coefficient (Wildman–Crippen LogP) is 3.54. The summed E-state index contributed by atoms with van der Waals surface area (Å²) < 4.78 is 13.2. The van der Waals surface area contributed by atoms with Gasteiger partial charge in [0, 0.05) is 38.4 Å². The van der Waals surface area contributed by atoms with Crippen LogP contribution in [0.5, 0.6) is 0 Å². The van der Waals surface area contributed by atoms with E-state index in [2.05, 4.69) is 15.1 Å². The van der Waals surface area contributed by atoms with Crippen molar-refractivity contribution in [3.63, 3.8) is 0 Å². The highest BCUT2D eigenvalue weighted by Crippen LogP contribution is 2.18. The molecule has 0 atom stereocenters. The molecule has 0 spiro atoms. The first-order chi connectivity index (χ1) is 12.5. The third-order valence-corrected chi connectivity index (χ3v) is 4.81. The van der Waals surface area contributed by atoms with Gasteiger partial charge in [0.1, 0.15) is 5.82 Å². The lowest BCUT2D eigenvalue weighted by atomic mass is 10.2. The molecule has 1 heterocycles. The lowest BCUT2D eigenvalue weighted by Gasteiger charge is -2.34. The molecule has 2 aromatic carbocycles. The summed E-state index contributed by atoms with van der Waals surface area (Å²) in [5.74, 6) is -0.380. The number of carbonyl (C=O) groups excluding carboxylic acids is 1. The smallest absolute Gasteiger partial charge is 0.238 e. The summed E-state index contributed by atoms with van der Waals surface area (Å²) in [6.45, 7) is 6.53. The molecule has 0 unspecified atom stereocenters. The van der Waals surface area contributed by atoms with E-state index in [0.29, 0.717) is 6.54 Å². The van der Waals surface area contributed by atoms with Crippen molar-refractivity contribution in [2.75, 3.05) is 38.0 Å². The quantitative estimate of drug-likeness (QED) is 0.868. The molecule has 4 nitrogen and oxygen atoms in total. The molecule has 0 bridgehead atoms. The maximum absolute atomic E-state index is 13.2. The van der Waals surface area contributed by atoms with Crippen LogP contribution in [0.4, 0.5) is 10.1 Å². The monoisotopic (exact) mass is 375 g/mol. The largest absolute Gasteiger partial charge is 0.325 e. The van der Waals surface area contributed by atoms with Crippen molar-refractivity contribution in [3.05, 3.63) is 64.4 Å². The fourth-order valence-corrected chi connectivity index (χ4v) is 3.33. The molecular formula is C20H23ClFN3O. The summed E-state index contributed by atoms with van der Waals surface area (Å²) in [7, 11) is 0. The number of aryl methyl sites for hydroxylation is 1. The minimum Gasteiger partial charge on any atom is -0.325 e. The summed E-state index contributed by atoms with van der Waals surface area (Å²) in [6, 6.07) is 12.7. The first-order valence-electron chi connectivity index (χ1n) is 8.75. The Kier molecular flexibility index (Phi) is 6.25. The molecule has 1 fully saturated rings. The number of benzene rings is 2. The first kappa shape index (κ1) is 18.8. The summed E-state index contributed by atoms with van der Waals surface area (Å²) in [5.41, 5.74) is 2.96. The molecule has 0 aliphatic carbocycles. The molecule has 6 heteroatoms. The van der Waals surface area contributed by atoms with Gasteiger partial charge in [0.2, 0.25) is 5.91 Å². The van der Waals surface area contributed by atoms with Crippen LogP contribution in [0.1, 0.15) is 11.1 Å². The maximum Gasteiger partial charge on any atom is 0.238 e. The van der Waals surface area contributed by atoms with Gasteiger partial charge in [-0.2, -0.15) is 0 Å². The lowest BCUT2D eigenvalue weighted by molar-refractivity contribution is -0.117. The van der Waals surface area contributed by atoms with Gasteiger partial charge in [-0.25, -0.2) is 4.39 Å². The van der Waals surface area contributed by atoms with Crippen molar-refractivity contribution in [1.29, 1.82) is 0 Å². The van der Waals surface area contributed by atoms with E-state index in [1.54, 1.807) is 12.1 Å². The Morgan fingerprint density at radius 3 is 2.54 bits per heavy atom. The fourth-order valence-electron chi connectivity index (χ4n) is 3.13. The van der Waals surface area contributed by atoms with Gasteiger partial charge in [-0.1, -0.05) is 29.8 Å². The average molecular weight is 376 g/mol. The van der Waals surface area contributed by atoms with E-state index >= 15 is 0 Å². The third kappa shape index (κ3) is 5.27. The Balaban J connectivity index is 1.44. The number of nitrogens with zero attached hydrogens (tertiary/aromatic N) is 2. The van der Waals surface area contributed by atoms with Crippen LogP contribution in [0, 0.1) is 12.7 Å². The van der Waals surface area contributed by atoms with Crippen molar-refractivity contribution < 1.29 is 9.18 Å². The molecule has 2 aromatic rings. The Labute approximate surface area is 158 Å². The number of piperazine rings is 1. The van der Waals surface area contributed by atoms with E-state index < -0.39 is 0 Å². The zero-order valence-electron chi connectivity index (χ0n) is 14.8. The molecule has 1 amide bonds. The van der Waals surface area contributed by atoms with E-state index in [4.69, 9.17) is 11.6 Å². The minimum absolute atomic E-state index is 0.00867. The molecule has 0 radical (unpaired) electrons. The van der Waals surface area contributed by atoms with Gasteiger partial charge in [0.15, 0.2) is 0 Å². The topological polar surface area (TPSA) is 35.6 Å². The van der Waals surface area contributed by atoms with Crippen LogP contribution in [0.25, 0.3) is 0 Å². The summed E-state index contributed by atoms with van der Waals surface area (Å²) in [6.07, 6.45) is 0. The molecule has 1 N–H and O–H groups in total. The number of halogens is 2. The highest BCUT2D eigenvalue weighted by Gasteiger charge is 2.19. The van der Waals surface area contributed by atoms with Crippen molar-refractivity contribution in [2.45, 2.75) is 13.5 Å². The fraction of sp³-hybridized carbons (Fsp3) is 0.350. The van der Waals surface area contributed by atoms with Crippen LogP contribution in [0.2, 0.25) is 5.02 Å². The highest BCUT2D eigenvalue weighted by atomic mass is 35.5. The van der Waals surface area contributed by atoms with E-state index in [9.17, 15) is 9.18 Å². The Morgan fingerprint density at radius 2 is 1.85 bits per heavy atom. The Hall–Kier alpha value is -1.95. The SMILES string of the molecule is Cc1cccc(NC(=O)CN2CCN(Cc3ccc(F)c(Cl)c3)CC2)c1. The number of hydrogen-bond donors (Lipinski definition) is 1. The van der Waals surface area contributed by atoms with Gasteiger partial charge in [0.25, 0.3) is 0 Å². The second-order valence-electron chi connectivity index (χ2n) is 6.72. The van der Waals surface area contributed by atoms with Gasteiger partial charge >= 0.3 is 0 Å². The Bertz CT molecular complexity index is 775. The van der Waals surface area contributed by atoms with Gasteiger partial charge in [-0.05, 0) is 42.3 Å². The molecule has 1 saturated heterocycles. The van der Waals surface area contributed by atoms with Crippen molar-refractivity contribution in [3.8, 4) is 0 Å². The molecule has 1 aliphatic rings. The predicted molar refractivity (Wildman–Crippen MR) is 103 cm³/mol.